The van der Waals surface area contributed by atoms with E-state index in [9.17, 15) is 4.79 Å². The first-order chi connectivity index (χ1) is 8.82. The second kappa shape index (κ2) is 6.71. The van der Waals surface area contributed by atoms with Crippen molar-refractivity contribution in [3.8, 4) is 0 Å². The standard InChI is InChI=1S/C16H26N2O/c1-16(2,3)14-10-7-6-9-13(14)15(19)17-11-8-12-18(4)5/h6-7,9-10H,8,11-12H2,1-5H3,(H,17,19). The molecule has 1 amide bonds. The summed E-state index contributed by atoms with van der Waals surface area (Å²) in [4.78, 5) is 14.4. The molecule has 0 aliphatic carbocycles. The molecule has 3 nitrogen and oxygen atoms in total. The largest absolute Gasteiger partial charge is 0.352 e. The number of nitrogens with one attached hydrogen (secondary N) is 1. The van der Waals surface area contributed by atoms with Crippen molar-refractivity contribution in [3.63, 3.8) is 0 Å². The van der Waals surface area contributed by atoms with Gasteiger partial charge in [0.15, 0.2) is 0 Å². The lowest BCUT2D eigenvalue weighted by Crippen LogP contribution is -2.29. The number of hydrogen-bond acceptors (Lipinski definition) is 2. The summed E-state index contributed by atoms with van der Waals surface area (Å²) in [5.41, 5.74) is 1.87. The van der Waals surface area contributed by atoms with Crippen molar-refractivity contribution >= 4 is 5.91 Å². The van der Waals surface area contributed by atoms with Gasteiger partial charge < -0.3 is 10.2 Å². The number of carbonyl (C=O) groups excluding carboxylic acids is 1. The van der Waals surface area contributed by atoms with Crippen LogP contribution in [0.1, 0.15) is 43.1 Å². The number of nitrogens with zero attached hydrogens (tertiary/aromatic N) is 1. The Bertz CT molecular complexity index is 419. The molecule has 1 aromatic carbocycles. The number of benzene rings is 1. The molecule has 0 unspecified atom stereocenters. The Morgan fingerprint density at radius 3 is 2.42 bits per heavy atom. The summed E-state index contributed by atoms with van der Waals surface area (Å²) >= 11 is 0. The molecule has 0 saturated heterocycles. The minimum atomic E-state index is -0.0163. The van der Waals surface area contributed by atoms with Crippen LogP contribution in [0.15, 0.2) is 24.3 Å². The first-order valence-electron chi connectivity index (χ1n) is 6.85. The summed E-state index contributed by atoms with van der Waals surface area (Å²) in [6.07, 6.45) is 0.969. The van der Waals surface area contributed by atoms with Crippen LogP contribution >= 0.6 is 0 Å². The molecule has 0 fully saturated rings. The van der Waals surface area contributed by atoms with Crippen LogP contribution in [0.4, 0.5) is 0 Å². The highest BCUT2D eigenvalue weighted by molar-refractivity contribution is 5.96. The summed E-state index contributed by atoms with van der Waals surface area (Å²) in [6, 6.07) is 7.85. The van der Waals surface area contributed by atoms with Crippen LogP contribution in [0.2, 0.25) is 0 Å². The van der Waals surface area contributed by atoms with E-state index in [1.165, 1.54) is 0 Å². The third kappa shape index (κ3) is 5.03. The molecule has 0 bridgehead atoms. The fourth-order valence-electron chi connectivity index (χ4n) is 2.03. The van der Waals surface area contributed by atoms with Gasteiger partial charge in [-0.15, -0.1) is 0 Å². The van der Waals surface area contributed by atoms with Gasteiger partial charge >= 0.3 is 0 Å². The van der Waals surface area contributed by atoms with Crippen LogP contribution in [0.25, 0.3) is 0 Å². The van der Waals surface area contributed by atoms with Gasteiger partial charge in [0.25, 0.3) is 5.91 Å². The Labute approximate surface area is 117 Å². The van der Waals surface area contributed by atoms with Crippen LogP contribution in [0, 0.1) is 0 Å². The Morgan fingerprint density at radius 1 is 1.21 bits per heavy atom. The Balaban J connectivity index is 2.67. The van der Waals surface area contributed by atoms with Gasteiger partial charge in [-0.1, -0.05) is 39.0 Å². The van der Waals surface area contributed by atoms with Gasteiger partial charge in [0.05, 0.1) is 0 Å². The molecule has 0 aliphatic heterocycles. The van der Waals surface area contributed by atoms with E-state index in [4.69, 9.17) is 0 Å². The minimum absolute atomic E-state index is 0.0163. The van der Waals surface area contributed by atoms with Gasteiger partial charge in [0, 0.05) is 12.1 Å². The first-order valence-corrected chi connectivity index (χ1v) is 6.85. The topological polar surface area (TPSA) is 32.3 Å². The average molecular weight is 262 g/mol. The van der Waals surface area contributed by atoms with Gasteiger partial charge in [-0.2, -0.15) is 0 Å². The predicted molar refractivity (Wildman–Crippen MR) is 80.6 cm³/mol. The zero-order valence-corrected chi connectivity index (χ0v) is 12.8. The molecule has 0 radical (unpaired) electrons. The Kier molecular flexibility index (Phi) is 5.55. The lowest BCUT2D eigenvalue weighted by molar-refractivity contribution is 0.0950. The molecule has 0 spiro atoms. The van der Waals surface area contributed by atoms with Crippen molar-refractivity contribution in [2.75, 3.05) is 27.2 Å². The Hall–Kier alpha value is -1.35. The van der Waals surface area contributed by atoms with E-state index in [-0.39, 0.29) is 11.3 Å². The number of rotatable bonds is 5. The number of amides is 1. The maximum absolute atomic E-state index is 12.2. The van der Waals surface area contributed by atoms with Gasteiger partial charge in [-0.25, -0.2) is 0 Å². The smallest absolute Gasteiger partial charge is 0.251 e. The second-order valence-electron chi connectivity index (χ2n) is 6.21. The maximum Gasteiger partial charge on any atom is 0.251 e. The molecule has 1 aromatic rings. The molecule has 0 saturated carbocycles. The molecule has 0 aliphatic rings. The highest BCUT2D eigenvalue weighted by atomic mass is 16.1. The molecular formula is C16H26N2O. The van der Waals surface area contributed by atoms with Gasteiger partial charge in [0.1, 0.15) is 0 Å². The van der Waals surface area contributed by atoms with Crippen molar-refractivity contribution in [3.05, 3.63) is 35.4 Å². The van der Waals surface area contributed by atoms with Crippen molar-refractivity contribution in [1.82, 2.24) is 10.2 Å². The van der Waals surface area contributed by atoms with Crippen molar-refractivity contribution in [2.45, 2.75) is 32.6 Å². The van der Waals surface area contributed by atoms with E-state index >= 15 is 0 Å². The molecule has 0 atom stereocenters. The van der Waals surface area contributed by atoms with E-state index in [1.807, 2.05) is 38.4 Å². The summed E-state index contributed by atoms with van der Waals surface area (Å²) in [7, 11) is 4.08. The molecule has 3 heteroatoms. The molecule has 0 heterocycles. The van der Waals surface area contributed by atoms with Crippen molar-refractivity contribution < 1.29 is 4.79 Å². The van der Waals surface area contributed by atoms with Gasteiger partial charge in [-0.05, 0) is 44.1 Å². The molecular weight excluding hydrogens is 236 g/mol. The monoisotopic (exact) mass is 262 g/mol. The zero-order valence-electron chi connectivity index (χ0n) is 12.8. The highest BCUT2D eigenvalue weighted by Crippen LogP contribution is 2.25. The predicted octanol–water partition coefficient (Wildman–Crippen LogP) is 2.67. The van der Waals surface area contributed by atoms with E-state index < -0.39 is 0 Å². The summed E-state index contributed by atoms with van der Waals surface area (Å²) in [5.74, 6) is 0.0317. The fraction of sp³-hybridized carbons (Fsp3) is 0.562. The zero-order chi connectivity index (χ0) is 14.5. The lowest BCUT2D eigenvalue weighted by atomic mass is 9.83. The fourth-order valence-corrected chi connectivity index (χ4v) is 2.03. The van der Waals surface area contributed by atoms with Gasteiger partial charge in [-0.3, -0.25) is 4.79 Å². The summed E-state index contributed by atoms with van der Waals surface area (Å²) < 4.78 is 0. The number of hydrogen-bond donors (Lipinski definition) is 1. The quantitative estimate of drug-likeness (QED) is 0.827. The highest BCUT2D eigenvalue weighted by Gasteiger charge is 2.20. The van der Waals surface area contributed by atoms with Crippen molar-refractivity contribution in [2.24, 2.45) is 0 Å². The SMILES string of the molecule is CN(C)CCCNC(=O)c1ccccc1C(C)(C)C. The first kappa shape index (κ1) is 15.7. The number of carbonyl (C=O) groups is 1. The van der Waals surface area contributed by atoms with Crippen LogP contribution < -0.4 is 5.32 Å². The molecule has 1 rings (SSSR count). The molecule has 1 N–H and O–H groups in total. The second-order valence-corrected chi connectivity index (χ2v) is 6.21. The normalized spacial score (nSPS) is 11.7. The summed E-state index contributed by atoms with van der Waals surface area (Å²) in [5, 5.41) is 3.00. The van der Waals surface area contributed by atoms with Crippen LogP contribution in [-0.2, 0) is 5.41 Å². The molecule has 106 valence electrons. The van der Waals surface area contributed by atoms with Gasteiger partial charge in [0.2, 0.25) is 0 Å². The third-order valence-electron chi connectivity index (χ3n) is 3.05. The molecule has 19 heavy (non-hydrogen) atoms. The van der Waals surface area contributed by atoms with E-state index in [1.54, 1.807) is 0 Å². The maximum atomic E-state index is 12.2. The minimum Gasteiger partial charge on any atom is -0.352 e. The van der Waals surface area contributed by atoms with E-state index in [0.717, 1.165) is 30.6 Å². The third-order valence-corrected chi connectivity index (χ3v) is 3.05. The Morgan fingerprint density at radius 2 is 1.84 bits per heavy atom. The average Bonchev–Trinajstić information content (AvgIpc) is 2.33. The van der Waals surface area contributed by atoms with Crippen LogP contribution in [-0.4, -0.2) is 38.0 Å². The van der Waals surface area contributed by atoms with Crippen molar-refractivity contribution in [1.29, 1.82) is 0 Å². The molecule has 0 aromatic heterocycles. The van der Waals surface area contributed by atoms with Crippen LogP contribution in [0.3, 0.4) is 0 Å². The van der Waals surface area contributed by atoms with E-state index in [0.29, 0.717) is 0 Å². The van der Waals surface area contributed by atoms with E-state index in [2.05, 4.69) is 31.0 Å². The lowest BCUT2D eigenvalue weighted by Gasteiger charge is -2.22. The summed E-state index contributed by atoms with van der Waals surface area (Å²) in [6.45, 7) is 8.10. The van der Waals surface area contributed by atoms with Crippen LogP contribution in [0.5, 0.6) is 0 Å².